The van der Waals surface area contributed by atoms with Gasteiger partial charge in [-0.3, -0.25) is 4.79 Å². The minimum absolute atomic E-state index is 0.0407. The Morgan fingerprint density at radius 2 is 2.35 bits per heavy atom. The van der Waals surface area contributed by atoms with Gasteiger partial charge in [-0.2, -0.15) is 5.26 Å². The summed E-state index contributed by atoms with van der Waals surface area (Å²) >= 11 is 0. The molecule has 1 aliphatic heterocycles. The van der Waals surface area contributed by atoms with Crippen LogP contribution in [0.2, 0.25) is 0 Å². The van der Waals surface area contributed by atoms with Crippen molar-refractivity contribution in [2.75, 3.05) is 6.61 Å². The van der Waals surface area contributed by atoms with E-state index in [1.807, 2.05) is 6.07 Å². The number of hydrogen-bond acceptors (Lipinski definition) is 3. The fraction of sp³-hybridized carbons (Fsp3) is 0.231. The second kappa shape index (κ2) is 4.79. The highest BCUT2D eigenvalue weighted by Gasteiger charge is 2.20. The number of allylic oxidation sites excluding steroid dienone is 1. The molecule has 0 saturated carbocycles. The highest BCUT2D eigenvalue weighted by molar-refractivity contribution is 5.84. The molecule has 0 aliphatic carbocycles. The number of carbonyl (C=O) groups is 1. The second-order valence-electron chi connectivity index (χ2n) is 3.83. The van der Waals surface area contributed by atoms with E-state index in [9.17, 15) is 9.18 Å². The summed E-state index contributed by atoms with van der Waals surface area (Å²) in [6.07, 6.45) is 3.40. The van der Waals surface area contributed by atoms with E-state index in [4.69, 9.17) is 10.00 Å². The zero-order valence-corrected chi connectivity index (χ0v) is 9.02. The molecule has 0 saturated heterocycles. The van der Waals surface area contributed by atoms with Gasteiger partial charge in [0.2, 0.25) is 0 Å². The van der Waals surface area contributed by atoms with Gasteiger partial charge >= 0.3 is 0 Å². The Kier molecular flexibility index (Phi) is 3.20. The summed E-state index contributed by atoms with van der Waals surface area (Å²) in [5, 5.41) is 8.62. The van der Waals surface area contributed by atoms with Crippen LogP contribution in [0.25, 0.3) is 0 Å². The maximum Gasteiger partial charge on any atom is 0.177 e. The molecule has 17 heavy (non-hydrogen) atoms. The molecule has 1 heterocycles. The molecule has 0 amide bonds. The summed E-state index contributed by atoms with van der Waals surface area (Å²) in [7, 11) is 0. The van der Waals surface area contributed by atoms with Crippen molar-refractivity contribution in [2.45, 2.75) is 6.42 Å². The third kappa shape index (κ3) is 2.51. The van der Waals surface area contributed by atoms with Crippen LogP contribution in [0.4, 0.5) is 4.39 Å². The van der Waals surface area contributed by atoms with Gasteiger partial charge in [-0.15, -0.1) is 0 Å². The van der Waals surface area contributed by atoms with Crippen molar-refractivity contribution < 1.29 is 13.9 Å². The van der Waals surface area contributed by atoms with Gasteiger partial charge in [-0.25, -0.2) is 4.39 Å². The van der Waals surface area contributed by atoms with Crippen LogP contribution in [0.15, 0.2) is 30.5 Å². The number of rotatable bonds is 2. The van der Waals surface area contributed by atoms with Gasteiger partial charge in [-0.05, 0) is 30.2 Å². The van der Waals surface area contributed by atoms with Crippen LogP contribution in [-0.4, -0.2) is 12.4 Å². The Morgan fingerprint density at radius 1 is 1.53 bits per heavy atom. The first-order chi connectivity index (χ1) is 8.20. The van der Waals surface area contributed by atoms with Crippen molar-refractivity contribution >= 4 is 5.78 Å². The molecule has 1 aromatic rings. The maximum atomic E-state index is 13.6. The van der Waals surface area contributed by atoms with E-state index < -0.39 is 5.82 Å². The first-order valence-corrected chi connectivity index (χ1v) is 5.20. The van der Waals surface area contributed by atoms with E-state index in [-0.39, 0.29) is 23.9 Å². The Hall–Kier alpha value is -2.15. The number of carbonyl (C=O) groups excluding carboxylic acids is 1. The molecule has 1 unspecified atom stereocenters. The highest BCUT2D eigenvalue weighted by atomic mass is 19.1. The SMILES string of the molecule is N#Cc1ccc(CC2C=COCC2=O)c(F)c1. The number of hydrogen-bond donors (Lipinski definition) is 0. The van der Waals surface area contributed by atoms with Crippen LogP contribution < -0.4 is 0 Å². The number of ketones is 1. The molecule has 0 radical (unpaired) electrons. The highest BCUT2D eigenvalue weighted by Crippen LogP contribution is 2.18. The third-order valence-corrected chi connectivity index (χ3v) is 2.67. The van der Waals surface area contributed by atoms with Gasteiger partial charge in [0.05, 0.1) is 17.9 Å². The molecule has 1 aromatic carbocycles. The Balaban J connectivity index is 2.19. The zero-order chi connectivity index (χ0) is 12.3. The monoisotopic (exact) mass is 231 g/mol. The zero-order valence-electron chi connectivity index (χ0n) is 9.02. The average molecular weight is 231 g/mol. The first kappa shape index (κ1) is 11.3. The molecule has 86 valence electrons. The Bertz CT molecular complexity index is 517. The lowest BCUT2D eigenvalue weighted by Crippen LogP contribution is -2.23. The van der Waals surface area contributed by atoms with Gasteiger partial charge in [0.15, 0.2) is 5.78 Å². The second-order valence-corrected chi connectivity index (χ2v) is 3.83. The maximum absolute atomic E-state index is 13.6. The summed E-state index contributed by atoms with van der Waals surface area (Å²) in [5.41, 5.74) is 0.717. The molecule has 0 bridgehead atoms. The molecule has 2 rings (SSSR count). The van der Waals surface area contributed by atoms with Crippen molar-refractivity contribution in [3.63, 3.8) is 0 Å². The van der Waals surface area contributed by atoms with Crippen LogP contribution in [0.1, 0.15) is 11.1 Å². The number of benzene rings is 1. The number of nitrogens with zero attached hydrogens (tertiary/aromatic N) is 1. The van der Waals surface area contributed by atoms with E-state index >= 15 is 0 Å². The van der Waals surface area contributed by atoms with Crippen molar-refractivity contribution in [1.82, 2.24) is 0 Å². The molecule has 1 aliphatic rings. The van der Waals surface area contributed by atoms with E-state index in [0.717, 1.165) is 0 Å². The summed E-state index contributed by atoms with van der Waals surface area (Å²) < 4.78 is 18.5. The largest absolute Gasteiger partial charge is 0.494 e. The minimum Gasteiger partial charge on any atom is -0.494 e. The molecule has 0 fully saturated rings. The molecule has 1 atom stereocenters. The van der Waals surface area contributed by atoms with Crippen LogP contribution in [0.3, 0.4) is 0 Å². The fourth-order valence-electron chi connectivity index (χ4n) is 1.70. The number of ether oxygens (including phenoxy) is 1. The smallest absolute Gasteiger partial charge is 0.177 e. The average Bonchev–Trinajstić information content (AvgIpc) is 2.34. The van der Waals surface area contributed by atoms with Gasteiger partial charge < -0.3 is 4.74 Å². The van der Waals surface area contributed by atoms with E-state index in [2.05, 4.69) is 0 Å². The summed E-state index contributed by atoms with van der Waals surface area (Å²) in [5.74, 6) is -0.848. The van der Waals surface area contributed by atoms with Crippen molar-refractivity contribution in [3.8, 4) is 6.07 Å². The van der Waals surface area contributed by atoms with E-state index in [1.165, 1.54) is 12.3 Å². The molecule has 0 spiro atoms. The van der Waals surface area contributed by atoms with Gasteiger partial charge in [0.25, 0.3) is 0 Å². The van der Waals surface area contributed by atoms with E-state index in [1.54, 1.807) is 18.2 Å². The van der Waals surface area contributed by atoms with Crippen molar-refractivity contribution in [3.05, 3.63) is 47.5 Å². The lowest BCUT2D eigenvalue weighted by atomic mass is 9.94. The quantitative estimate of drug-likeness (QED) is 0.781. The van der Waals surface area contributed by atoms with Gasteiger partial charge in [0.1, 0.15) is 12.4 Å². The topological polar surface area (TPSA) is 50.1 Å². The summed E-state index contributed by atoms with van der Waals surface area (Å²) in [4.78, 5) is 11.5. The molecule has 0 N–H and O–H groups in total. The molecule has 0 aromatic heterocycles. The lowest BCUT2D eigenvalue weighted by Gasteiger charge is -2.16. The Labute approximate surface area is 98.1 Å². The van der Waals surface area contributed by atoms with Crippen LogP contribution in [0.5, 0.6) is 0 Å². The predicted molar refractivity (Wildman–Crippen MR) is 58.4 cm³/mol. The predicted octanol–water partition coefficient (Wildman–Crippen LogP) is 1.97. The molecular formula is C13H10FNO2. The van der Waals surface area contributed by atoms with Crippen LogP contribution in [-0.2, 0) is 16.0 Å². The van der Waals surface area contributed by atoms with Gasteiger partial charge in [-0.1, -0.05) is 6.07 Å². The van der Waals surface area contributed by atoms with Crippen LogP contribution in [0, 0.1) is 23.1 Å². The van der Waals surface area contributed by atoms with Crippen LogP contribution >= 0.6 is 0 Å². The molecule has 4 heteroatoms. The first-order valence-electron chi connectivity index (χ1n) is 5.20. The minimum atomic E-state index is -0.447. The Morgan fingerprint density at radius 3 is 3.00 bits per heavy atom. The number of halogens is 1. The summed E-state index contributed by atoms with van der Waals surface area (Å²) in [6.45, 7) is 0.0407. The summed E-state index contributed by atoms with van der Waals surface area (Å²) in [6, 6.07) is 6.14. The standard InChI is InChI=1S/C13H10FNO2/c14-12-5-9(7-15)1-2-10(12)6-11-3-4-17-8-13(11)16/h1-5,11H,6,8H2. The van der Waals surface area contributed by atoms with Crippen molar-refractivity contribution in [1.29, 1.82) is 5.26 Å². The van der Waals surface area contributed by atoms with Gasteiger partial charge in [0, 0.05) is 5.92 Å². The number of nitriles is 1. The third-order valence-electron chi connectivity index (χ3n) is 2.67. The normalized spacial score (nSPS) is 18.6. The molecule has 3 nitrogen and oxygen atoms in total. The van der Waals surface area contributed by atoms with Crippen molar-refractivity contribution in [2.24, 2.45) is 5.92 Å². The van der Waals surface area contributed by atoms with E-state index in [0.29, 0.717) is 12.0 Å². The fourth-order valence-corrected chi connectivity index (χ4v) is 1.70. The number of Topliss-reactive ketones (excluding diaryl/α,β-unsaturated/α-hetero) is 1. The lowest BCUT2D eigenvalue weighted by molar-refractivity contribution is -0.125. The molecular weight excluding hydrogens is 221 g/mol.